The fourth-order valence-corrected chi connectivity index (χ4v) is 1.67. The van der Waals surface area contributed by atoms with Crippen molar-refractivity contribution in [3.8, 4) is 11.5 Å². The molecule has 0 aliphatic carbocycles. The van der Waals surface area contributed by atoms with E-state index in [1.807, 2.05) is 25.1 Å². The van der Waals surface area contributed by atoms with E-state index < -0.39 is 11.8 Å². The highest BCUT2D eigenvalue weighted by Crippen LogP contribution is 2.27. The average molecular weight is 260 g/mol. The standard InChI is InChI=1S/C15H13FO3/c1-10-4-3-5-12(8-10)19-14-7-6-11(16)9-13(14)15(17)18-2/h3-9H,1-2H3. The van der Waals surface area contributed by atoms with Crippen molar-refractivity contribution in [1.82, 2.24) is 0 Å². The Labute approximate surface area is 110 Å². The normalized spacial score (nSPS) is 10.1. The molecule has 2 rings (SSSR count). The third-order valence-corrected chi connectivity index (χ3v) is 2.56. The summed E-state index contributed by atoms with van der Waals surface area (Å²) in [5.74, 6) is -0.310. The van der Waals surface area contributed by atoms with Crippen molar-refractivity contribution in [2.24, 2.45) is 0 Å². The maximum Gasteiger partial charge on any atom is 0.341 e. The molecular formula is C15H13FO3. The average Bonchev–Trinajstić information content (AvgIpc) is 2.40. The van der Waals surface area contributed by atoms with Crippen LogP contribution in [-0.4, -0.2) is 13.1 Å². The number of benzene rings is 2. The highest BCUT2D eigenvalue weighted by molar-refractivity contribution is 5.92. The number of ether oxygens (including phenoxy) is 2. The summed E-state index contributed by atoms with van der Waals surface area (Å²) in [6.45, 7) is 1.93. The number of hydrogen-bond donors (Lipinski definition) is 0. The van der Waals surface area contributed by atoms with Crippen molar-refractivity contribution in [2.45, 2.75) is 6.92 Å². The van der Waals surface area contributed by atoms with E-state index in [-0.39, 0.29) is 11.3 Å². The molecule has 3 nitrogen and oxygen atoms in total. The smallest absolute Gasteiger partial charge is 0.341 e. The summed E-state index contributed by atoms with van der Waals surface area (Å²) in [6, 6.07) is 11.1. The Hall–Kier alpha value is -2.36. The van der Waals surface area contributed by atoms with Crippen LogP contribution in [0.4, 0.5) is 4.39 Å². The Morgan fingerprint density at radius 2 is 1.95 bits per heavy atom. The van der Waals surface area contributed by atoms with Crippen LogP contribution in [0.25, 0.3) is 0 Å². The number of hydrogen-bond acceptors (Lipinski definition) is 3. The van der Waals surface area contributed by atoms with Gasteiger partial charge in [-0.2, -0.15) is 0 Å². The molecule has 0 aliphatic heterocycles. The number of aryl methyl sites for hydroxylation is 1. The summed E-state index contributed by atoms with van der Waals surface area (Å²) in [6.07, 6.45) is 0. The van der Waals surface area contributed by atoms with Gasteiger partial charge >= 0.3 is 5.97 Å². The molecule has 0 fully saturated rings. The number of carbonyl (C=O) groups is 1. The van der Waals surface area contributed by atoms with Crippen molar-refractivity contribution >= 4 is 5.97 Å². The highest BCUT2D eigenvalue weighted by Gasteiger charge is 2.15. The van der Waals surface area contributed by atoms with Gasteiger partial charge in [0.2, 0.25) is 0 Å². The molecule has 0 heterocycles. The summed E-state index contributed by atoms with van der Waals surface area (Å²) < 4.78 is 23.4. The zero-order valence-corrected chi connectivity index (χ0v) is 10.6. The highest BCUT2D eigenvalue weighted by atomic mass is 19.1. The van der Waals surface area contributed by atoms with Gasteiger partial charge in [0.15, 0.2) is 0 Å². The van der Waals surface area contributed by atoms with E-state index in [0.29, 0.717) is 5.75 Å². The van der Waals surface area contributed by atoms with Crippen LogP contribution in [0, 0.1) is 12.7 Å². The lowest BCUT2D eigenvalue weighted by Crippen LogP contribution is -2.04. The Morgan fingerprint density at radius 1 is 1.16 bits per heavy atom. The lowest BCUT2D eigenvalue weighted by Gasteiger charge is -2.10. The Bertz CT molecular complexity index is 608. The number of rotatable bonds is 3. The molecule has 0 aliphatic rings. The van der Waals surface area contributed by atoms with Crippen LogP contribution >= 0.6 is 0 Å². The zero-order chi connectivity index (χ0) is 13.8. The molecule has 0 saturated carbocycles. The first-order valence-corrected chi connectivity index (χ1v) is 5.72. The Morgan fingerprint density at radius 3 is 2.63 bits per heavy atom. The van der Waals surface area contributed by atoms with E-state index in [4.69, 9.17) is 4.74 Å². The van der Waals surface area contributed by atoms with Crippen LogP contribution < -0.4 is 4.74 Å². The van der Waals surface area contributed by atoms with E-state index in [9.17, 15) is 9.18 Å². The van der Waals surface area contributed by atoms with Gasteiger partial charge in [-0.15, -0.1) is 0 Å². The van der Waals surface area contributed by atoms with Gasteiger partial charge in [-0.25, -0.2) is 9.18 Å². The second-order valence-corrected chi connectivity index (χ2v) is 4.05. The molecule has 0 aromatic heterocycles. The summed E-state index contributed by atoms with van der Waals surface area (Å²) in [4.78, 5) is 11.6. The van der Waals surface area contributed by atoms with E-state index in [1.54, 1.807) is 6.07 Å². The SMILES string of the molecule is COC(=O)c1cc(F)ccc1Oc1cccc(C)c1. The fourth-order valence-electron chi connectivity index (χ4n) is 1.67. The molecule has 0 radical (unpaired) electrons. The van der Waals surface area contributed by atoms with Crippen molar-refractivity contribution in [3.63, 3.8) is 0 Å². The van der Waals surface area contributed by atoms with E-state index >= 15 is 0 Å². The Kier molecular flexibility index (Phi) is 3.80. The monoisotopic (exact) mass is 260 g/mol. The molecule has 0 spiro atoms. The van der Waals surface area contributed by atoms with Crippen molar-refractivity contribution in [1.29, 1.82) is 0 Å². The molecule has 0 saturated heterocycles. The van der Waals surface area contributed by atoms with Gasteiger partial charge < -0.3 is 9.47 Å². The number of methoxy groups -OCH3 is 1. The summed E-state index contributed by atoms with van der Waals surface area (Å²) >= 11 is 0. The topological polar surface area (TPSA) is 35.5 Å². The third kappa shape index (κ3) is 3.10. The first kappa shape index (κ1) is 13.1. The van der Waals surface area contributed by atoms with Gasteiger partial charge in [0, 0.05) is 0 Å². The summed E-state index contributed by atoms with van der Waals surface area (Å²) in [5.41, 5.74) is 1.09. The molecule has 19 heavy (non-hydrogen) atoms. The molecule has 4 heteroatoms. The molecule has 0 bridgehead atoms. The molecule has 0 N–H and O–H groups in total. The minimum atomic E-state index is -0.637. The van der Waals surface area contributed by atoms with Crippen LogP contribution in [0.15, 0.2) is 42.5 Å². The second-order valence-electron chi connectivity index (χ2n) is 4.05. The third-order valence-electron chi connectivity index (χ3n) is 2.56. The minimum absolute atomic E-state index is 0.0593. The maximum absolute atomic E-state index is 13.2. The quantitative estimate of drug-likeness (QED) is 0.789. The molecule has 2 aromatic carbocycles. The first-order valence-electron chi connectivity index (χ1n) is 5.72. The van der Waals surface area contributed by atoms with Gasteiger partial charge in [-0.1, -0.05) is 12.1 Å². The molecular weight excluding hydrogens is 247 g/mol. The predicted molar refractivity (Wildman–Crippen MR) is 69.0 cm³/mol. The number of carbonyl (C=O) groups excluding carboxylic acids is 1. The molecule has 0 amide bonds. The summed E-state index contributed by atoms with van der Waals surface area (Å²) in [5, 5.41) is 0. The van der Waals surface area contributed by atoms with Gasteiger partial charge in [-0.3, -0.25) is 0 Å². The molecule has 2 aromatic rings. The lowest BCUT2D eigenvalue weighted by molar-refractivity contribution is 0.0597. The molecule has 0 atom stereocenters. The van der Waals surface area contributed by atoms with Crippen molar-refractivity contribution in [2.75, 3.05) is 7.11 Å². The van der Waals surface area contributed by atoms with E-state index in [0.717, 1.165) is 11.6 Å². The fraction of sp³-hybridized carbons (Fsp3) is 0.133. The summed E-state index contributed by atoms with van der Waals surface area (Å²) in [7, 11) is 1.24. The van der Waals surface area contributed by atoms with Crippen LogP contribution in [-0.2, 0) is 4.74 Å². The number of esters is 1. The number of halogens is 1. The molecule has 98 valence electrons. The van der Waals surface area contributed by atoms with Crippen LogP contribution in [0.3, 0.4) is 0 Å². The van der Waals surface area contributed by atoms with Crippen LogP contribution in [0.5, 0.6) is 11.5 Å². The molecule has 0 unspecified atom stereocenters. The van der Waals surface area contributed by atoms with Gasteiger partial charge in [-0.05, 0) is 42.8 Å². The van der Waals surface area contributed by atoms with Gasteiger partial charge in [0.05, 0.1) is 7.11 Å². The Balaban J connectivity index is 2.37. The lowest BCUT2D eigenvalue weighted by atomic mass is 10.2. The van der Waals surface area contributed by atoms with Crippen LogP contribution in [0.1, 0.15) is 15.9 Å². The van der Waals surface area contributed by atoms with Gasteiger partial charge in [0.1, 0.15) is 22.9 Å². The maximum atomic E-state index is 13.2. The van der Waals surface area contributed by atoms with E-state index in [2.05, 4.69) is 4.74 Å². The second kappa shape index (κ2) is 5.52. The van der Waals surface area contributed by atoms with Crippen molar-refractivity contribution in [3.05, 3.63) is 59.4 Å². The van der Waals surface area contributed by atoms with Gasteiger partial charge in [0.25, 0.3) is 0 Å². The van der Waals surface area contributed by atoms with Crippen molar-refractivity contribution < 1.29 is 18.7 Å². The predicted octanol–water partition coefficient (Wildman–Crippen LogP) is 3.71. The minimum Gasteiger partial charge on any atom is -0.465 e. The van der Waals surface area contributed by atoms with E-state index in [1.165, 1.54) is 19.2 Å². The van der Waals surface area contributed by atoms with Crippen LogP contribution in [0.2, 0.25) is 0 Å². The largest absolute Gasteiger partial charge is 0.465 e. The zero-order valence-electron chi connectivity index (χ0n) is 10.6. The first-order chi connectivity index (χ1) is 9.10.